The molecule has 0 saturated heterocycles. The number of hydrogen-bond donors (Lipinski definition) is 2. The maximum absolute atomic E-state index is 11.2. The molecular formula is C14H11ClN6O. The SMILES string of the molecule is NC(N)=Nc1nc(-c2cc[n+]([O-])cc2)c2cc(Cl)ccc2n1. The summed E-state index contributed by atoms with van der Waals surface area (Å²) in [4.78, 5) is 12.5. The Morgan fingerprint density at radius 2 is 1.86 bits per heavy atom. The molecule has 0 aliphatic carbocycles. The number of hydrogen-bond acceptors (Lipinski definition) is 4. The van der Waals surface area contributed by atoms with Gasteiger partial charge in [-0.3, -0.25) is 0 Å². The number of guanidine groups is 1. The topological polar surface area (TPSA) is 117 Å². The van der Waals surface area contributed by atoms with Crippen molar-refractivity contribution in [3.63, 3.8) is 0 Å². The highest BCUT2D eigenvalue weighted by Crippen LogP contribution is 2.29. The smallest absolute Gasteiger partial charge is 0.253 e. The molecule has 0 bridgehead atoms. The number of pyridine rings is 1. The molecule has 22 heavy (non-hydrogen) atoms. The highest BCUT2D eigenvalue weighted by molar-refractivity contribution is 6.31. The molecule has 0 radical (unpaired) electrons. The molecule has 8 heteroatoms. The maximum Gasteiger partial charge on any atom is 0.253 e. The van der Waals surface area contributed by atoms with Gasteiger partial charge in [0.2, 0.25) is 0 Å². The minimum absolute atomic E-state index is 0.135. The van der Waals surface area contributed by atoms with Crippen molar-refractivity contribution in [2.45, 2.75) is 0 Å². The molecule has 2 aromatic heterocycles. The summed E-state index contributed by atoms with van der Waals surface area (Å²) in [5.74, 6) is 0.00778. The van der Waals surface area contributed by atoms with Crippen molar-refractivity contribution in [2.24, 2.45) is 16.5 Å². The normalized spacial score (nSPS) is 10.6. The second kappa shape index (κ2) is 5.45. The Balaban J connectivity index is 2.31. The molecule has 0 fully saturated rings. The largest absolute Gasteiger partial charge is 0.619 e. The molecule has 0 saturated carbocycles. The van der Waals surface area contributed by atoms with Crippen LogP contribution in [0, 0.1) is 5.21 Å². The zero-order chi connectivity index (χ0) is 15.7. The van der Waals surface area contributed by atoms with Crippen molar-refractivity contribution < 1.29 is 4.73 Å². The molecule has 3 aromatic rings. The van der Waals surface area contributed by atoms with Gasteiger partial charge < -0.3 is 16.7 Å². The number of aliphatic imine (C=N–C) groups is 1. The summed E-state index contributed by atoms with van der Waals surface area (Å²) in [6.07, 6.45) is 2.77. The van der Waals surface area contributed by atoms with Crippen molar-refractivity contribution >= 4 is 34.4 Å². The fourth-order valence-electron chi connectivity index (χ4n) is 2.04. The molecule has 0 aliphatic heterocycles. The highest BCUT2D eigenvalue weighted by Gasteiger charge is 2.11. The van der Waals surface area contributed by atoms with Gasteiger partial charge in [-0.25, -0.2) is 9.97 Å². The van der Waals surface area contributed by atoms with Crippen LogP contribution in [0.3, 0.4) is 0 Å². The minimum atomic E-state index is -0.135. The minimum Gasteiger partial charge on any atom is -0.619 e. The van der Waals surface area contributed by atoms with Crippen molar-refractivity contribution in [1.29, 1.82) is 0 Å². The van der Waals surface area contributed by atoms with Gasteiger partial charge in [-0.15, -0.1) is 0 Å². The Morgan fingerprint density at radius 1 is 1.14 bits per heavy atom. The molecule has 0 amide bonds. The number of rotatable bonds is 2. The number of halogens is 1. The van der Waals surface area contributed by atoms with Crippen LogP contribution in [0.25, 0.3) is 22.2 Å². The quantitative estimate of drug-likeness (QED) is 0.321. The van der Waals surface area contributed by atoms with E-state index in [9.17, 15) is 5.21 Å². The van der Waals surface area contributed by atoms with E-state index in [1.54, 1.807) is 30.3 Å². The predicted octanol–water partition coefficient (Wildman–Crippen LogP) is 1.49. The van der Waals surface area contributed by atoms with Crippen LogP contribution in [-0.2, 0) is 0 Å². The summed E-state index contributed by atoms with van der Waals surface area (Å²) in [5, 5.41) is 12.5. The second-order valence-electron chi connectivity index (χ2n) is 4.52. The summed E-state index contributed by atoms with van der Waals surface area (Å²) >= 11 is 6.05. The van der Waals surface area contributed by atoms with Gasteiger partial charge in [0.25, 0.3) is 5.95 Å². The summed E-state index contributed by atoms with van der Waals surface area (Å²) in [6.45, 7) is 0. The van der Waals surface area contributed by atoms with Gasteiger partial charge in [0.05, 0.1) is 11.2 Å². The molecular weight excluding hydrogens is 304 g/mol. The first kappa shape index (κ1) is 14.0. The lowest BCUT2D eigenvalue weighted by atomic mass is 10.1. The Bertz CT molecular complexity index is 874. The van der Waals surface area contributed by atoms with Crippen molar-refractivity contribution in [3.05, 3.63) is 53.0 Å². The fraction of sp³-hybridized carbons (Fsp3) is 0. The Labute approximate surface area is 130 Å². The van der Waals surface area contributed by atoms with Gasteiger partial charge in [-0.05, 0) is 18.2 Å². The number of nitrogens with two attached hydrogens (primary N) is 2. The lowest BCUT2D eigenvalue weighted by Crippen LogP contribution is -2.23. The van der Waals surface area contributed by atoms with Crippen LogP contribution in [-0.4, -0.2) is 15.9 Å². The molecule has 0 unspecified atom stereocenters. The molecule has 3 rings (SSSR count). The summed E-state index contributed by atoms with van der Waals surface area (Å²) < 4.78 is 0.691. The van der Waals surface area contributed by atoms with Crippen molar-refractivity contribution in [3.8, 4) is 11.3 Å². The van der Waals surface area contributed by atoms with Crippen LogP contribution < -0.4 is 16.2 Å². The van der Waals surface area contributed by atoms with E-state index >= 15 is 0 Å². The molecule has 7 nitrogen and oxygen atoms in total. The molecule has 0 aliphatic rings. The average molecular weight is 315 g/mol. The highest BCUT2D eigenvalue weighted by atomic mass is 35.5. The fourth-order valence-corrected chi connectivity index (χ4v) is 2.22. The number of nitrogens with zero attached hydrogens (tertiary/aromatic N) is 4. The number of fused-ring (bicyclic) bond motifs is 1. The Morgan fingerprint density at radius 3 is 2.55 bits per heavy atom. The molecule has 4 N–H and O–H groups in total. The van der Waals surface area contributed by atoms with Crippen LogP contribution >= 0.6 is 11.6 Å². The van der Waals surface area contributed by atoms with E-state index in [2.05, 4.69) is 15.0 Å². The van der Waals surface area contributed by atoms with Gasteiger partial charge >= 0.3 is 0 Å². The maximum atomic E-state index is 11.2. The average Bonchev–Trinajstić information content (AvgIpc) is 2.47. The third-order valence-electron chi connectivity index (χ3n) is 2.95. The molecule has 1 aromatic carbocycles. The standard InChI is InChI=1S/C14H11ClN6O/c15-9-1-2-11-10(7-9)12(8-3-5-21(22)6-4-8)19-14(18-11)20-13(16)17/h1-7H,(H4,16,17,18,19,20). The third-order valence-corrected chi connectivity index (χ3v) is 3.19. The number of benzene rings is 1. The first-order chi connectivity index (χ1) is 10.5. The van der Waals surface area contributed by atoms with Crippen LogP contribution in [0.4, 0.5) is 5.95 Å². The zero-order valence-electron chi connectivity index (χ0n) is 11.3. The monoisotopic (exact) mass is 314 g/mol. The van der Waals surface area contributed by atoms with Gasteiger partial charge in [0.15, 0.2) is 18.4 Å². The Kier molecular flexibility index (Phi) is 3.48. The molecule has 110 valence electrons. The third kappa shape index (κ3) is 2.75. The Hall–Kier alpha value is -2.93. The lowest BCUT2D eigenvalue weighted by molar-refractivity contribution is -0.605. The van der Waals surface area contributed by atoms with Crippen LogP contribution in [0.1, 0.15) is 0 Å². The second-order valence-corrected chi connectivity index (χ2v) is 4.95. The summed E-state index contributed by atoms with van der Waals surface area (Å²) in [5.41, 5.74) is 12.7. The molecule has 2 heterocycles. The van der Waals surface area contributed by atoms with Crippen LogP contribution in [0.5, 0.6) is 0 Å². The van der Waals surface area contributed by atoms with Gasteiger partial charge in [0.1, 0.15) is 0 Å². The summed E-state index contributed by atoms with van der Waals surface area (Å²) in [7, 11) is 0. The van der Waals surface area contributed by atoms with E-state index in [4.69, 9.17) is 23.1 Å². The van der Waals surface area contributed by atoms with E-state index in [0.717, 1.165) is 10.9 Å². The lowest BCUT2D eigenvalue weighted by Gasteiger charge is -2.07. The predicted molar refractivity (Wildman–Crippen MR) is 84.4 cm³/mol. The van der Waals surface area contributed by atoms with E-state index in [1.165, 1.54) is 12.4 Å². The first-order valence-corrected chi connectivity index (χ1v) is 6.67. The summed E-state index contributed by atoms with van der Waals surface area (Å²) in [6, 6.07) is 8.52. The van der Waals surface area contributed by atoms with Crippen molar-refractivity contribution in [2.75, 3.05) is 0 Å². The van der Waals surface area contributed by atoms with Gasteiger partial charge in [-0.1, -0.05) is 11.6 Å². The van der Waals surface area contributed by atoms with Gasteiger partial charge in [0, 0.05) is 28.1 Å². The zero-order valence-corrected chi connectivity index (χ0v) is 12.0. The van der Waals surface area contributed by atoms with Crippen molar-refractivity contribution in [1.82, 2.24) is 9.97 Å². The van der Waals surface area contributed by atoms with E-state index in [1.807, 2.05) is 0 Å². The van der Waals surface area contributed by atoms with Crippen LogP contribution in [0.2, 0.25) is 5.02 Å². The molecule has 0 spiro atoms. The van der Waals surface area contributed by atoms with E-state index in [0.29, 0.717) is 21.0 Å². The van der Waals surface area contributed by atoms with Gasteiger partial charge in [-0.2, -0.15) is 9.72 Å². The van der Waals surface area contributed by atoms with E-state index in [-0.39, 0.29) is 11.9 Å². The van der Waals surface area contributed by atoms with E-state index < -0.39 is 0 Å². The van der Waals surface area contributed by atoms with Crippen LogP contribution in [0.15, 0.2) is 47.7 Å². The molecule has 0 atom stereocenters. The first-order valence-electron chi connectivity index (χ1n) is 6.29. The number of aromatic nitrogens is 3.